The number of halogens is 1. The minimum Gasteiger partial charge on any atom is -0.475 e. The number of hydrogen-bond donors (Lipinski definition) is 2. The van der Waals surface area contributed by atoms with Crippen LogP contribution >= 0.6 is 11.6 Å². The van der Waals surface area contributed by atoms with Gasteiger partial charge >= 0.3 is 0 Å². The van der Waals surface area contributed by atoms with Crippen LogP contribution in [-0.4, -0.2) is 39.5 Å². The molecule has 0 aromatic carbocycles. The number of aliphatic hydroxyl groups excluding tert-OH is 1. The van der Waals surface area contributed by atoms with E-state index in [0.29, 0.717) is 19.0 Å². The fourth-order valence-corrected chi connectivity index (χ4v) is 2.84. The predicted octanol–water partition coefficient (Wildman–Crippen LogP) is 0.962. The molecule has 1 aliphatic carbocycles. The number of carbonyl (C=O) groups excluding carboxylic acids is 1. The molecule has 2 heterocycles. The molecule has 1 amide bonds. The summed E-state index contributed by atoms with van der Waals surface area (Å²) in [5, 5.41) is 16.8. The van der Waals surface area contributed by atoms with E-state index >= 15 is 0 Å². The molecule has 6 nitrogen and oxygen atoms in total. The van der Waals surface area contributed by atoms with E-state index in [2.05, 4.69) is 10.4 Å². The zero-order valence-corrected chi connectivity index (χ0v) is 11.2. The monoisotopic (exact) mass is 285 g/mol. The van der Waals surface area contributed by atoms with E-state index in [4.69, 9.17) is 16.3 Å². The summed E-state index contributed by atoms with van der Waals surface area (Å²) in [6, 6.07) is 0.0874. The SMILES string of the molecule is O=C(NC1CCC(O)CC1)c1nn2c(c1Cl)OCC2. The highest BCUT2D eigenvalue weighted by Gasteiger charge is 2.28. The van der Waals surface area contributed by atoms with Crippen LogP contribution in [0.3, 0.4) is 0 Å². The summed E-state index contributed by atoms with van der Waals surface area (Å²) < 4.78 is 6.93. The summed E-state index contributed by atoms with van der Waals surface area (Å²) in [5.41, 5.74) is 0.225. The van der Waals surface area contributed by atoms with Crippen molar-refractivity contribution in [2.75, 3.05) is 6.61 Å². The number of hydrogen-bond acceptors (Lipinski definition) is 4. The van der Waals surface area contributed by atoms with E-state index in [1.807, 2.05) is 0 Å². The largest absolute Gasteiger partial charge is 0.475 e. The van der Waals surface area contributed by atoms with Gasteiger partial charge in [-0.05, 0) is 25.7 Å². The molecule has 1 aromatic rings. The molecule has 0 spiro atoms. The first-order valence-corrected chi connectivity index (χ1v) is 6.91. The fourth-order valence-electron chi connectivity index (χ4n) is 2.56. The fraction of sp³-hybridized carbons (Fsp3) is 0.667. The summed E-state index contributed by atoms with van der Waals surface area (Å²) in [4.78, 5) is 12.1. The van der Waals surface area contributed by atoms with Crippen LogP contribution in [0.15, 0.2) is 0 Å². The second-order valence-corrected chi connectivity index (χ2v) is 5.40. The Morgan fingerprint density at radius 3 is 2.84 bits per heavy atom. The molecular weight excluding hydrogens is 270 g/mol. The van der Waals surface area contributed by atoms with Gasteiger partial charge in [-0.25, -0.2) is 4.68 Å². The molecule has 1 fully saturated rings. The lowest BCUT2D eigenvalue weighted by Gasteiger charge is -2.25. The van der Waals surface area contributed by atoms with Crippen molar-refractivity contribution < 1.29 is 14.6 Å². The van der Waals surface area contributed by atoms with E-state index in [1.54, 1.807) is 4.68 Å². The van der Waals surface area contributed by atoms with Gasteiger partial charge in [-0.15, -0.1) is 0 Å². The Morgan fingerprint density at radius 2 is 2.16 bits per heavy atom. The van der Waals surface area contributed by atoms with Crippen molar-refractivity contribution in [3.63, 3.8) is 0 Å². The quantitative estimate of drug-likeness (QED) is 0.849. The van der Waals surface area contributed by atoms with E-state index in [0.717, 1.165) is 25.7 Å². The minimum absolute atomic E-state index is 0.0874. The van der Waals surface area contributed by atoms with Crippen LogP contribution < -0.4 is 10.1 Å². The highest BCUT2D eigenvalue weighted by molar-refractivity contribution is 6.34. The van der Waals surface area contributed by atoms with Crippen LogP contribution in [-0.2, 0) is 6.54 Å². The second kappa shape index (κ2) is 5.02. The molecule has 0 atom stereocenters. The van der Waals surface area contributed by atoms with Crippen molar-refractivity contribution in [2.24, 2.45) is 0 Å². The van der Waals surface area contributed by atoms with Crippen molar-refractivity contribution in [2.45, 2.75) is 44.4 Å². The maximum absolute atomic E-state index is 12.1. The highest BCUT2D eigenvalue weighted by Crippen LogP contribution is 2.31. The van der Waals surface area contributed by atoms with Gasteiger partial charge in [0.1, 0.15) is 11.6 Å². The van der Waals surface area contributed by atoms with E-state index in [-0.39, 0.29) is 28.8 Å². The average Bonchev–Trinajstić information content (AvgIpc) is 2.96. The predicted molar refractivity (Wildman–Crippen MR) is 68.5 cm³/mol. The first-order valence-electron chi connectivity index (χ1n) is 6.53. The Labute approximate surface area is 115 Å². The normalized spacial score (nSPS) is 25.8. The molecule has 0 radical (unpaired) electrons. The lowest BCUT2D eigenvalue weighted by molar-refractivity contribution is 0.0862. The molecule has 104 valence electrons. The number of nitrogens with one attached hydrogen (secondary N) is 1. The van der Waals surface area contributed by atoms with Gasteiger partial charge in [0.05, 0.1) is 12.6 Å². The number of fused-ring (bicyclic) bond motifs is 1. The lowest BCUT2D eigenvalue weighted by atomic mass is 9.93. The molecule has 0 saturated heterocycles. The number of carbonyl (C=O) groups is 1. The van der Waals surface area contributed by atoms with E-state index in [1.165, 1.54) is 0 Å². The lowest BCUT2D eigenvalue weighted by Crippen LogP contribution is -2.38. The molecule has 2 aliphatic rings. The number of amides is 1. The molecule has 1 aromatic heterocycles. The highest BCUT2D eigenvalue weighted by atomic mass is 35.5. The first kappa shape index (κ1) is 12.7. The Kier molecular flexibility index (Phi) is 3.36. The molecule has 0 bridgehead atoms. The number of nitrogens with zero attached hydrogens (tertiary/aromatic N) is 2. The number of aliphatic hydroxyl groups is 1. The smallest absolute Gasteiger partial charge is 0.273 e. The maximum atomic E-state index is 12.1. The summed E-state index contributed by atoms with van der Waals surface area (Å²) in [7, 11) is 0. The van der Waals surface area contributed by atoms with Crippen LogP contribution in [0, 0.1) is 0 Å². The number of rotatable bonds is 2. The van der Waals surface area contributed by atoms with Gasteiger partial charge in [0.15, 0.2) is 5.69 Å². The van der Waals surface area contributed by atoms with Crippen LogP contribution in [0.5, 0.6) is 5.88 Å². The third-order valence-electron chi connectivity index (χ3n) is 3.64. The number of ether oxygens (including phenoxy) is 1. The third-order valence-corrected chi connectivity index (χ3v) is 3.98. The topological polar surface area (TPSA) is 76.4 Å². The van der Waals surface area contributed by atoms with Crippen LogP contribution in [0.25, 0.3) is 0 Å². The van der Waals surface area contributed by atoms with Crippen molar-refractivity contribution in [1.82, 2.24) is 15.1 Å². The maximum Gasteiger partial charge on any atom is 0.273 e. The Morgan fingerprint density at radius 1 is 1.42 bits per heavy atom. The van der Waals surface area contributed by atoms with Gasteiger partial charge in [0.25, 0.3) is 5.91 Å². The molecule has 2 N–H and O–H groups in total. The summed E-state index contributed by atoms with van der Waals surface area (Å²) in [6.45, 7) is 1.17. The first-order chi connectivity index (χ1) is 9.15. The Bertz CT molecular complexity index is 495. The van der Waals surface area contributed by atoms with Gasteiger partial charge in [0, 0.05) is 6.04 Å². The van der Waals surface area contributed by atoms with Gasteiger partial charge in [0.2, 0.25) is 5.88 Å². The molecule has 0 unspecified atom stereocenters. The van der Waals surface area contributed by atoms with E-state index < -0.39 is 0 Å². The third kappa shape index (κ3) is 2.42. The Hall–Kier alpha value is -1.27. The van der Waals surface area contributed by atoms with Gasteiger partial charge < -0.3 is 15.2 Å². The molecular formula is C12H16ClN3O3. The van der Waals surface area contributed by atoms with Gasteiger partial charge in [-0.3, -0.25) is 4.79 Å². The zero-order valence-electron chi connectivity index (χ0n) is 10.4. The molecule has 7 heteroatoms. The number of aromatic nitrogens is 2. The standard InChI is InChI=1S/C12H16ClN3O3/c13-9-10(15-16-5-6-19-12(9)16)11(18)14-7-1-3-8(17)4-2-7/h7-8,17H,1-6H2,(H,14,18). The molecule has 3 rings (SSSR count). The van der Waals surface area contributed by atoms with Crippen LogP contribution in [0.4, 0.5) is 0 Å². The van der Waals surface area contributed by atoms with Crippen molar-refractivity contribution >= 4 is 17.5 Å². The summed E-state index contributed by atoms with van der Waals surface area (Å²) in [5.74, 6) is 0.211. The Balaban J connectivity index is 1.67. The second-order valence-electron chi connectivity index (χ2n) is 5.02. The minimum atomic E-state index is -0.267. The average molecular weight is 286 g/mol. The van der Waals surface area contributed by atoms with Crippen molar-refractivity contribution in [1.29, 1.82) is 0 Å². The summed E-state index contributed by atoms with van der Waals surface area (Å²) >= 11 is 6.10. The summed E-state index contributed by atoms with van der Waals surface area (Å²) in [6.07, 6.45) is 2.79. The molecule has 1 saturated carbocycles. The van der Waals surface area contributed by atoms with Gasteiger partial charge in [-0.1, -0.05) is 11.6 Å². The van der Waals surface area contributed by atoms with Gasteiger partial charge in [-0.2, -0.15) is 5.10 Å². The van der Waals surface area contributed by atoms with Crippen LogP contribution in [0.2, 0.25) is 5.02 Å². The van der Waals surface area contributed by atoms with Crippen molar-refractivity contribution in [3.05, 3.63) is 10.7 Å². The zero-order chi connectivity index (χ0) is 13.4. The molecule has 1 aliphatic heterocycles. The molecule has 19 heavy (non-hydrogen) atoms. The van der Waals surface area contributed by atoms with Crippen LogP contribution in [0.1, 0.15) is 36.2 Å². The van der Waals surface area contributed by atoms with Crippen molar-refractivity contribution in [3.8, 4) is 5.88 Å². The van der Waals surface area contributed by atoms with E-state index in [9.17, 15) is 9.90 Å².